The van der Waals surface area contributed by atoms with Crippen molar-refractivity contribution in [2.24, 2.45) is 0 Å². The predicted molar refractivity (Wildman–Crippen MR) is 56.3 cm³/mol. The number of hydrogen-bond donors (Lipinski definition) is 1. The molecule has 78 valence electrons. The highest BCUT2D eigenvalue weighted by atomic mass is 16.4. The van der Waals surface area contributed by atoms with Gasteiger partial charge >= 0.3 is 5.97 Å². The number of carboxylic acids is 1. The van der Waals surface area contributed by atoms with Crippen LogP contribution in [0.4, 0.5) is 0 Å². The molecule has 2 heterocycles. The van der Waals surface area contributed by atoms with Crippen LogP contribution >= 0.6 is 0 Å². The van der Waals surface area contributed by atoms with Crippen LogP contribution in [0.5, 0.6) is 0 Å². The van der Waals surface area contributed by atoms with Crippen LogP contribution in [0.3, 0.4) is 0 Å². The number of rotatable bonds is 2. The molecule has 0 aliphatic rings. The normalized spacial score (nSPS) is 10.8. The Labute approximate surface area is 87.2 Å². The fourth-order valence-corrected chi connectivity index (χ4v) is 1.74. The highest BCUT2D eigenvalue weighted by Gasteiger charge is 2.14. The molecule has 0 amide bonds. The van der Waals surface area contributed by atoms with Gasteiger partial charge < -0.3 is 5.11 Å². The monoisotopic (exact) mass is 204 g/mol. The van der Waals surface area contributed by atoms with Crippen molar-refractivity contribution in [3.05, 3.63) is 35.2 Å². The van der Waals surface area contributed by atoms with Crippen molar-refractivity contribution in [3.63, 3.8) is 0 Å². The molecular formula is C11H12N2O2. The third-order valence-electron chi connectivity index (χ3n) is 2.54. The molecule has 0 saturated heterocycles. The van der Waals surface area contributed by atoms with Crippen molar-refractivity contribution in [3.8, 4) is 0 Å². The number of aromatic nitrogens is 2. The second-order valence-electron chi connectivity index (χ2n) is 3.48. The molecular weight excluding hydrogens is 192 g/mol. The van der Waals surface area contributed by atoms with Crippen LogP contribution in [0.1, 0.15) is 28.5 Å². The fourth-order valence-electron chi connectivity index (χ4n) is 1.74. The van der Waals surface area contributed by atoms with Gasteiger partial charge in [-0.1, -0.05) is 13.0 Å². The number of hydrogen-bond acceptors (Lipinski definition) is 2. The van der Waals surface area contributed by atoms with Crippen molar-refractivity contribution >= 4 is 11.5 Å². The molecule has 0 spiro atoms. The van der Waals surface area contributed by atoms with Gasteiger partial charge in [0.05, 0.1) is 11.7 Å². The molecule has 0 fully saturated rings. The Morgan fingerprint density at radius 2 is 2.27 bits per heavy atom. The molecule has 0 atom stereocenters. The molecule has 4 heteroatoms. The van der Waals surface area contributed by atoms with Crippen LogP contribution in [0.15, 0.2) is 18.3 Å². The van der Waals surface area contributed by atoms with Crippen molar-refractivity contribution in [1.29, 1.82) is 0 Å². The van der Waals surface area contributed by atoms with Gasteiger partial charge in [0, 0.05) is 5.69 Å². The van der Waals surface area contributed by atoms with E-state index in [1.165, 1.54) is 6.20 Å². The zero-order chi connectivity index (χ0) is 11.0. The van der Waals surface area contributed by atoms with E-state index in [-0.39, 0.29) is 5.56 Å². The largest absolute Gasteiger partial charge is 0.478 e. The van der Waals surface area contributed by atoms with Gasteiger partial charge in [0.25, 0.3) is 0 Å². The molecule has 15 heavy (non-hydrogen) atoms. The fraction of sp³-hybridized carbons (Fsp3) is 0.273. The molecule has 1 N–H and O–H groups in total. The minimum atomic E-state index is -0.926. The van der Waals surface area contributed by atoms with Crippen LogP contribution in [0.2, 0.25) is 0 Å². The number of aryl methyl sites for hydroxylation is 2. The van der Waals surface area contributed by atoms with Gasteiger partial charge in [0.2, 0.25) is 0 Å². The molecule has 0 aliphatic carbocycles. The van der Waals surface area contributed by atoms with Crippen molar-refractivity contribution in [2.75, 3.05) is 0 Å². The number of pyridine rings is 1. The molecule has 2 aromatic heterocycles. The van der Waals surface area contributed by atoms with Gasteiger partial charge in [-0.15, -0.1) is 0 Å². The summed E-state index contributed by atoms with van der Waals surface area (Å²) in [5.41, 5.74) is 2.94. The predicted octanol–water partition coefficient (Wildman–Crippen LogP) is 1.90. The van der Waals surface area contributed by atoms with Gasteiger partial charge in [-0.25, -0.2) is 9.31 Å². The van der Waals surface area contributed by atoms with Gasteiger partial charge in [0.15, 0.2) is 0 Å². The molecule has 0 unspecified atom stereocenters. The minimum Gasteiger partial charge on any atom is -0.478 e. The molecule has 2 aromatic rings. The van der Waals surface area contributed by atoms with Crippen molar-refractivity contribution in [2.45, 2.75) is 20.3 Å². The summed E-state index contributed by atoms with van der Waals surface area (Å²) in [5, 5.41) is 13.1. The second kappa shape index (κ2) is 3.38. The second-order valence-corrected chi connectivity index (χ2v) is 3.48. The van der Waals surface area contributed by atoms with Gasteiger partial charge in [-0.05, 0) is 25.0 Å². The first-order valence-electron chi connectivity index (χ1n) is 4.84. The average Bonchev–Trinajstić information content (AvgIpc) is 2.64. The Bertz CT molecular complexity index is 529. The van der Waals surface area contributed by atoms with Crippen LogP contribution in [-0.4, -0.2) is 20.7 Å². The maximum Gasteiger partial charge on any atom is 0.339 e. The summed E-state index contributed by atoms with van der Waals surface area (Å²) >= 11 is 0. The lowest BCUT2D eigenvalue weighted by molar-refractivity contribution is 0.0699. The molecule has 0 bridgehead atoms. The third-order valence-corrected chi connectivity index (χ3v) is 2.54. The Morgan fingerprint density at radius 3 is 2.87 bits per heavy atom. The first kappa shape index (κ1) is 9.71. The van der Waals surface area contributed by atoms with Gasteiger partial charge in [-0.3, -0.25) is 0 Å². The third kappa shape index (κ3) is 1.38. The van der Waals surface area contributed by atoms with Gasteiger partial charge in [-0.2, -0.15) is 5.10 Å². The summed E-state index contributed by atoms with van der Waals surface area (Å²) in [6, 6.07) is 3.91. The van der Waals surface area contributed by atoms with E-state index < -0.39 is 5.97 Å². The molecule has 0 aromatic carbocycles. The SMILES string of the molecule is CCc1ccc(C)n2ncc(C(=O)O)c12. The first-order chi connectivity index (χ1) is 7.15. The summed E-state index contributed by atoms with van der Waals surface area (Å²) in [4.78, 5) is 11.0. The zero-order valence-electron chi connectivity index (χ0n) is 8.69. The van der Waals surface area contributed by atoms with E-state index in [0.29, 0.717) is 5.52 Å². The molecule has 4 nitrogen and oxygen atoms in total. The Hall–Kier alpha value is -1.84. The lowest BCUT2D eigenvalue weighted by Crippen LogP contribution is -2.00. The summed E-state index contributed by atoms with van der Waals surface area (Å²) in [6.45, 7) is 3.91. The molecule has 0 aliphatic heterocycles. The Balaban J connectivity index is 2.86. The van der Waals surface area contributed by atoms with E-state index >= 15 is 0 Å². The van der Waals surface area contributed by atoms with Crippen LogP contribution in [0.25, 0.3) is 5.52 Å². The number of nitrogens with zero attached hydrogens (tertiary/aromatic N) is 2. The number of carboxylic acid groups (broad SMARTS) is 1. The van der Waals surface area contributed by atoms with E-state index in [9.17, 15) is 4.79 Å². The summed E-state index contributed by atoms with van der Waals surface area (Å²) in [6.07, 6.45) is 2.21. The highest BCUT2D eigenvalue weighted by molar-refractivity contribution is 5.96. The Morgan fingerprint density at radius 1 is 1.53 bits per heavy atom. The minimum absolute atomic E-state index is 0.274. The smallest absolute Gasteiger partial charge is 0.339 e. The zero-order valence-corrected chi connectivity index (χ0v) is 8.69. The van der Waals surface area contributed by atoms with E-state index in [2.05, 4.69) is 5.10 Å². The summed E-state index contributed by atoms with van der Waals surface area (Å²) < 4.78 is 1.68. The van der Waals surface area contributed by atoms with E-state index in [1.54, 1.807) is 4.52 Å². The van der Waals surface area contributed by atoms with Crippen molar-refractivity contribution < 1.29 is 9.90 Å². The summed E-state index contributed by atoms with van der Waals surface area (Å²) in [7, 11) is 0. The number of carbonyl (C=O) groups is 1. The lowest BCUT2D eigenvalue weighted by atomic mass is 10.1. The number of aromatic carboxylic acids is 1. The average molecular weight is 204 g/mol. The van der Waals surface area contributed by atoms with Gasteiger partial charge in [0.1, 0.15) is 5.56 Å². The van der Waals surface area contributed by atoms with E-state index in [4.69, 9.17) is 5.11 Å². The van der Waals surface area contributed by atoms with Crippen LogP contribution in [0, 0.1) is 6.92 Å². The standard InChI is InChI=1S/C11H12N2O2/c1-3-8-5-4-7(2)13-10(8)9(6-12-13)11(14)15/h4-6H,3H2,1-2H3,(H,14,15). The maximum absolute atomic E-state index is 11.0. The Kier molecular flexibility index (Phi) is 2.19. The van der Waals surface area contributed by atoms with Crippen molar-refractivity contribution in [1.82, 2.24) is 9.61 Å². The summed E-state index contributed by atoms with van der Waals surface area (Å²) in [5.74, 6) is -0.926. The van der Waals surface area contributed by atoms with Crippen LogP contribution in [-0.2, 0) is 6.42 Å². The highest BCUT2D eigenvalue weighted by Crippen LogP contribution is 2.18. The van der Waals surface area contributed by atoms with Crippen LogP contribution < -0.4 is 0 Å². The van der Waals surface area contributed by atoms with E-state index in [1.807, 2.05) is 26.0 Å². The molecule has 0 radical (unpaired) electrons. The first-order valence-corrected chi connectivity index (χ1v) is 4.84. The maximum atomic E-state index is 11.0. The quantitative estimate of drug-likeness (QED) is 0.812. The molecule has 0 saturated carbocycles. The molecule has 2 rings (SSSR count). The van der Waals surface area contributed by atoms with E-state index in [0.717, 1.165) is 17.7 Å². The topological polar surface area (TPSA) is 54.6 Å². The number of fused-ring (bicyclic) bond motifs is 1. The lowest BCUT2D eigenvalue weighted by Gasteiger charge is -2.04.